The normalized spacial score (nSPS) is 10.2. The summed E-state index contributed by atoms with van der Waals surface area (Å²) in [5.74, 6) is 1.31. The highest BCUT2D eigenvalue weighted by Crippen LogP contribution is 2.28. The lowest BCUT2D eigenvalue weighted by molar-refractivity contribution is -0.121. The molecule has 0 aromatic heterocycles. The first-order valence-electron chi connectivity index (χ1n) is 11.3. The fourth-order valence-corrected chi connectivity index (χ4v) is 3.03. The molecule has 0 fully saturated rings. The molecule has 0 saturated heterocycles. The second-order valence-electron chi connectivity index (χ2n) is 7.19. The van der Waals surface area contributed by atoms with Crippen LogP contribution in [0.4, 0.5) is 4.79 Å². The van der Waals surface area contributed by atoms with Crippen LogP contribution in [0.15, 0.2) is 42.5 Å². The van der Waals surface area contributed by atoms with E-state index in [-0.39, 0.29) is 18.4 Å². The SMILES string of the molecule is CCOC(=O)Oc1ccc(C(=O)NCCCNC(=O)CCc2ccc(OCC)c(OC)c2)cc1. The lowest BCUT2D eigenvalue weighted by atomic mass is 10.1. The van der Waals surface area contributed by atoms with Crippen LogP contribution in [0.1, 0.15) is 42.6 Å². The van der Waals surface area contributed by atoms with Crippen LogP contribution in [-0.4, -0.2) is 51.4 Å². The molecule has 0 aliphatic rings. The number of hydrogen-bond donors (Lipinski definition) is 2. The van der Waals surface area contributed by atoms with Gasteiger partial charge in [0.1, 0.15) is 5.75 Å². The molecule has 0 unspecified atom stereocenters. The van der Waals surface area contributed by atoms with Gasteiger partial charge in [0, 0.05) is 25.1 Å². The average Bonchev–Trinajstić information content (AvgIpc) is 2.83. The van der Waals surface area contributed by atoms with Gasteiger partial charge >= 0.3 is 6.16 Å². The van der Waals surface area contributed by atoms with Crippen LogP contribution in [0.2, 0.25) is 0 Å². The number of hydrogen-bond acceptors (Lipinski definition) is 7. The summed E-state index contributed by atoms with van der Waals surface area (Å²) in [6.45, 7) is 5.23. The predicted molar refractivity (Wildman–Crippen MR) is 127 cm³/mol. The molecule has 9 nitrogen and oxygen atoms in total. The van der Waals surface area contributed by atoms with Crippen molar-refractivity contribution in [2.24, 2.45) is 0 Å². The van der Waals surface area contributed by atoms with E-state index < -0.39 is 6.16 Å². The highest BCUT2D eigenvalue weighted by molar-refractivity contribution is 5.94. The number of aryl methyl sites for hydroxylation is 1. The largest absolute Gasteiger partial charge is 0.513 e. The quantitative estimate of drug-likeness (QED) is 0.261. The maximum absolute atomic E-state index is 12.2. The molecule has 0 bridgehead atoms. The molecule has 2 N–H and O–H groups in total. The lowest BCUT2D eigenvalue weighted by Gasteiger charge is -2.11. The second-order valence-corrected chi connectivity index (χ2v) is 7.19. The maximum Gasteiger partial charge on any atom is 0.513 e. The van der Waals surface area contributed by atoms with Gasteiger partial charge in [-0.3, -0.25) is 9.59 Å². The van der Waals surface area contributed by atoms with Gasteiger partial charge in [-0.05, 0) is 68.7 Å². The Morgan fingerprint density at radius 3 is 2.29 bits per heavy atom. The number of rotatable bonds is 13. The minimum atomic E-state index is -0.791. The van der Waals surface area contributed by atoms with Gasteiger partial charge in [-0.2, -0.15) is 0 Å². The van der Waals surface area contributed by atoms with E-state index in [1.165, 1.54) is 12.1 Å². The average molecular weight is 473 g/mol. The van der Waals surface area contributed by atoms with Gasteiger partial charge in [0.2, 0.25) is 5.91 Å². The third kappa shape index (κ3) is 9.01. The fourth-order valence-electron chi connectivity index (χ4n) is 3.03. The Morgan fingerprint density at radius 1 is 0.882 bits per heavy atom. The summed E-state index contributed by atoms with van der Waals surface area (Å²) < 4.78 is 20.5. The Balaban J connectivity index is 1.64. The minimum Gasteiger partial charge on any atom is -0.493 e. The molecule has 0 aliphatic carbocycles. The fraction of sp³-hybridized carbons (Fsp3) is 0.400. The summed E-state index contributed by atoms with van der Waals surface area (Å²) in [6, 6.07) is 11.8. The number of ether oxygens (including phenoxy) is 4. The number of methoxy groups -OCH3 is 1. The van der Waals surface area contributed by atoms with Gasteiger partial charge < -0.3 is 29.6 Å². The van der Waals surface area contributed by atoms with Crippen molar-refractivity contribution >= 4 is 18.0 Å². The van der Waals surface area contributed by atoms with E-state index in [1.807, 2.05) is 25.1 Å². The molecule has 0 atom stereocenters. The van der Waals surface area contributed by atoms with Crippen LogP contribution in [0.5, 0.6) is 17.2 Å². The molecule has 0 aliphatic heterocycles. The van der Waals surface area contributed by atoms with E-state index in [1.54, 1.807) is 26.2 Å². The van der Waals surface area contributed by atoms with Crippen molar-refractivity contribution in [3.05, 3.63) is 53.6 Å². The molecule has 2 aromatic rings. The van der Waals surface area contributed by atoms with Gasteiger partial charge in [0.05, 0.1) is 20.3 Å². The first-order valence-corrected chi connectivity index (χ1v) is 11.3. The number of nitrogens with one attached hydrogen (secondary N) is 2. The van der Waals surface area contributed by atoms with E-state index in [4.69, 9.17) is 18.9 Å². The maximum atomic E-state index is 12.2. The Bertz CT molecular complexity index is 945. The van der Waals surface area contributed by atoms with Gasteiger partial charge in [-0.25, -0.2) is 4.79 Å². The molecule has 9 heteroatoms. The smallest absolute Gasteiger partial charge is 0.493 e. The molecule has 0 radical (unpaired) electrons. The zero-order valence-corrected chi connectivity index (χ0v) is 19.8. The Hall–Kier alpha value is -3.75. The minimum absolute atomic E-state index is 0.0589. The van der Waals surface area contributed by atoms with Crippen molar-refractivity contribution in [1.82, 2.24) is 10.6 Å². The Morgan fingerprint density at radius 2 is 1.62 bits per heavy atom. The standard InChI is InChI=1S/C25H32N2O7/c1-4-32-21-13-7-18(17-22(21)31-3)8-14-23(28)26-15-6-16-27-24(29)19-9-11-20(12-10-19)34-25(30)33-5-2/h7,9-13,17H,4-6,8,14-16H2,1-3H3,(H,26,28)(H,27,29). The first kappa shape index (κ1) is 26.5. The number of amides is 2. The van der Waals surface area contributed by atoms with Gasteiger partial charge in [-0.15, -0.1) is 0 Å². The molecule has 2 amide bonds. The van der Waals surface area contributed by atoms with Crippen molar-refractivity contribution in [3.63, 3.8) is 0 Å². The second kappa shape index (κ2) is 14.4. The zero-order chi connectivity index (χ0) is 24.8. The highest BCUT2D eigenvalue weighted by Gasteiger charge is 2.09. The summed E-state index contributed by atoms with van der Waals surface area (Å²) >= 11 is 0. The van der Waals surface area contributed by atoms with Gasteiger partial charge in [-0.1, -0.05) is 6.07 Å². The summed E-state index contributed by atoms with van der Waals surface area (Å²) in [5, 5.41) is 5.65. The van der Waals surface area contributed by atoms with E-state index in [0.717, 1.165) is 5.56 Å². The Labute approximate surface area is 199 Å². The first-order chi connectivity index (χ1) is 16.5. The molecule has 184 valence electrons. The Kier molecular flexibility index (Phi) is 11.2. The predicted octanol–water partition coefficient (Wildman–Crippen LogP) is 3.50. The van der Waals surface area contributed by atoms with Crippen LogP contribution in [0, 0.1) is 0 Å². The summed E-state index contributed by atoms with van der Waals surface area (Å²) in [5.41, 5.74) is 1.42. The molecule has 0 saturated carbocycles. The molecular weight excluding hydrogens is 440 g/mol. The summed E-state index contributed by atoms with van der Waals surface area (Å²) in [4.78, 5) is 35.6. The molecular formula is C25H32N2O7. The van der Waals surface area contributed by atoms with E-state index >= 15 is 0 Å². The van der Waals surface area contributed by atoms with Crippen molar-refractivity contribution in [2.45, 2.75) is 33.1 Å². The van der Waals surface area contributed by atoms with Gasteiger partial charge in [0.25, 0.3) is 5.91 Å². The van der Waals surface area contributed by atoms with E-state index in [0.29, 0.717) is 61.8 Å². The van der Waals surface area contributed by atoms with Crippen LogP contribution in [-0.2, 0) is 16.0 Å². The van der Waals surface area contributed by atoms with Gasteiger partial charge in [0.15, 0.2) is 11.5 Å². The molecule has 0 heterocycles. The zero-order valence-electron chi connectivity index (χ0n) is 19.8. The van der Waals surface area contributed by atoms with E-state index in [2.05, 4.69) is 10.6 Å². The number of benzene rings is 2. The summed E-state index contributed by atoms with van der Waals surface area (Å²) in [6.07, 6.45) is 0.740. The molecule has 2 aromatic carbocycles. The van der Waals surface area contributed by atoms with Crippen LogP contribution >= 0.6 is 0 Å². The number of carbonyl (C=O) groups is 3. The lowest BCUT2D eigenvalue weighted by Crippen LogP contribution is -2.30. The third-order valence-electron chi connectivity index (χ3n) is 4.71. The highest BCUT2D eigenvalue weighted by atomic mass is 16.7. The summed E-state index contributed by atoms with van der Waals surface area (Å²) in [7, 11) is 1.59. The van der Waals surface area contributed by atoms with Crippen LogP contribution in [0.25, 0.3) is 0 Å². The number of carbonyl (C=O) groups excluding carboxylic acids is 3. The molecule has 34 heavy (non-hydrogen) atoms. The van der Waals surface area contributed by atoms with Crippen molar-refractivity contribution in [2.75, 3.05) is 33.4 Å². The monoisotopic (exact) mass is 472 g/mol. The van der Waals surface area contributed by atoms with Crippen LogP contribution < -0.4 is 24.8 Å². The topological polar surface area (TPSA) is 112 Å². The van der Waals surface area contributed by atoms with Crippen molar-refractivity contribution < 1.29 is 33.3 Å². The van der Waals surface area contributed by atoms with E-state index in [9.17, 15) is 14.4 Å². The molecule has 2 rings (SSSR count). The van der Waals surface area contributed by atoms with Crippen molar-refractivity contribution in [1.29, 1.82) is 0 Å². The molecule has 0 spiro atoms. The third-order valence-corrected chi connectivity index (χ3v) is 4.71. The van der Waals surface area contributed by atoms with Crippen LogP contribution in [0.3, 0.4) is 0 Å². The van der Waals surface area contributed by atoms with Crippen molar-refractivity contribution in [3.8, 4) is 17.2 Å².